The maximum Gasteiger partial charge on any atom is 0.265 e. The molecule has 1 aromatic heterocycles. The maximum atomic E-state index is 13.6. The average Bonchev–Trinajstić information content (AvgIpc) is 2.82. The van der Waals surface area contributed by atoms with Gasteiger partial charge in [0.05, 0.1) is 45.4 Å². The lowest BCUT2D eigenvalue weighted by Crippen LogP contribution is -2.44. The van der Waals surface area contributed by atoms with E-state index in [0.29, 0.717) is 6.42 Å². The highest BCUT2D eigenvalue weighted by Gasteiger charge is 2.37. The Morgan fingerprint density at radius 3 is 2.47 bits per heavy atom. The molecule has 4 rings (SSSR count). The van der Waals surface area contributed by atoms with E-state index >= 15 is 0 Å². The van der Waals surface area contributed by atoms with Gasteiger partial charge in [-0.15, -0.1) is 0 Å². The topological polar surface area (TPSA) is 107 Å². The first-order valence-electron chi connectivity index (χ1n) is 10.8. The molecule has 0 saturated heterocycles. The van der Waals surface area contributed by atoms with E-state index in [-0.39, 0.29) is 68.1 Å². The Labute approximate surface area is 223 Å². The molecule has 0 fully saturated rings. The van der Waals surface area contributed by atoms with Gasteiger partial charge in [0, 0.05) is 11.4 Å². The standard InChI is InChI=1S/C24H20Cl3N3O5S/c1-14(31)8-9-17-13-30(36(33,34)18-5-2-4-15(25)10-18)23-24(35-17)28-12-16(29-23)11-21(32)22-19(26)6-3-7-20(22)27/h2-7,10,12,17H,8-9,11,13H2,1H3/t17-/m0/s1. The van der Waals surface area contributed by atoms with Crippen LogP contribution in [0.4, 0.5) is 5.82 Å². The average molecular weight is 569 g/mol. The number of hydrogen-bond acceptors (Lipinski definition) is 7. The summed E-state index contributed by atoms with van der Waals surface area (Å²) in [5.41, 5.74) is 0.344. The van der Waals surface area contributed by atoms with Crippen molar-refractivity contribution < 1.29 is 22.7 Å². The van der Waals surface area contributed by atoms with E-state index in [0.717, 1.165) is 4.31 Å². The predicted octanol–water partition coefficient (Wildman–Crippen LogP) is 5.19. The number of ether oxygens (including phenoxy) is 1. The minimum Gasteiger partial charge on any atom is -0.470 e. The molecule has 0 bridgehead atoms. The molecular formula is C24H20Cl3N3O5S. The van der Waals surface area contributed by atoms with Crippen LogP contribution in [0.15, 0.2) is 53.6 Å². The summed E-state index contributed by atoms with van der Waals surface area (Å²) < 4.78 is 34.2. The number of benzene rings is 2. The van der Waals surface area contributed by atoms with Gasteiger partial charge < -0.3 is 9.53 Å². The summed E-state index contributed by atoms with van der Waals surface area (Å²) in [7, 11) is -4.13. The van der Waals surface area contributed by atoms with Crippen molar-refractivity contribution in [1.29, 1.82) is 0 Å². The fourth-order valence-corrected chi connectivity index (χ4v) is 6.05. The summed E-state index contributed by atoms with van der Waals surface area (Å²) in [4.78, 5) is 33.0. The lowest BCUT2D eigenvalue weighted by Gasteiger charge is -2.33. The first kappa shape index (κ1) is 26.3. The van der Waals surface area contributed by atoms with Gasteiger partial charge in [-0.25, -0.2) is 22.7 Å². The summed E-state index contributed by atoms with van der Waals surface area (Å²) >= 11 is 18.3. The third kappa shape index (κ3) is 5.64. The summed E-state index contributed by atoms with van der Waals surface area (Å²) in [5, 5.41) is 0.639. The van der Waals surface area contributed by atoms with Gasteiger partial charge in [0.1, 0.15) is 11.9 Å². The lowest BCUT2D eigenvalue weighted by molar-refractivity contribution is -0.117. The molecule has 0 saturated carbocycles. The van der Waals surface area contributed by atoms with Crippen molar-refractivity contribution in [3.05, 3.63) is 75.0 Å². The molecule has 36 heavy (non-hydrogen) atoms. The molecule has 3 aromatic rings. The number of carbonyl (C=O) groups excluding carboxylic acids is 2. The van der Waals surface area contributed by atoms with Gasteiger partial charge in [-0.1, -0.05) is 46.9 Å². The molecule has 188 valence electrons. The van der Waals surface area contributed by atoms with Gasteiger partial charge in [-0.2, -0.15) is 0 Å². The quantitative estimate of drug-likeness (QED) is 0.344. The largest absolute Gasteiger partial charge is 0.470 e. The van der Waals surface area contributed by atoms with Crippen molar-refractivity contribution in [2.24, 2.45) is 0 Å². The fraction of sp³-hybridized carbons (Fsp3) is 0.250. The number of ketones is 2. The number of halogens is 3. The first-order chi connectivity index (χ1) is 17.1. The Bertz CT molecular complexity index is 1430. The van der Waals surface area contributed by atoms with Crippen molar-refractivity contribution in [3.63, 3.8) is 0 Å². The zero-order valence-electron chi connectivity index (χ0n) is 18.9. The third-order valence-electron chi connectivity index (χ3n) is 5.44. The van der Waals surface area contributed by atoms with Crippen molar-refractivity contribution in [2.75, 3.05) is 10.8 Å². The van der Waals surface area contributed by atoms with E-state index in [9.17, 15) is 18.0 Å². The molecule has 0 aliphatic carbocycles. The smallest absolute Gasteiger partial charge is 0.265 e. The highest BCUT2D eigenvalue weighted by molar-refractivity contribution is 7.92. The van der Waals surface area contributed by atoms with Crippen LogP contribution >= 0.6 is 34.8 Å². The second kappa shape index (κ2) is 10.7. The Hall–Kier alpha value is -2.72. The molecule has 1 aliphatic rings. The molecule has 1 atom stereocenters. The van der Waals surface area contributed by atoms with Crippen LogP contribution in [0.5, 0.6) is 5.88 Å². The van der Waals surface area contributed by atoms with Crippen LogP contribution < -0.4 is 9.04 Å². The van der Waals surface area contributed by atoms with Crippen molar-refractivity contribution in [2.45, 2.75) is 37.2 Å². The van der Waals surface area contributed by atoms with Gasteiger partial charge in [-0.3, -0.25) is 4.79 Å². The molecule has 0 spiro atoms. The molecule has 0 amide bonds. The van der Waals surface area contributed by atoms with Gasteiger partial charge in [0.15, 0.2) is 5.78 Å². The molecule has 2 heterocycles. The molecule has 1 aliphatic heterocycles. The van der Waals surface area contributed by atoms with Gasteiger partial charge in [-0.05, 0) is 43.7 Å². The molecule has 0 N–H and O–H groups in total. The minimum absolute atomic E-state index is 0.0209. The summed E-state index contributed by atoms with van der Waals surface area (Å²) in [6, 6.07) is 10.6. The second-order valence-corrected chi connectivity index (χ2v) is 11.3. The van der Waals surface area contributed by atoms with E-state index < -0.39 is 21.9 Å². The summed E-state index contributed by atoms with van der Waals surface area (Å²) in [6.45, 7) is 1.35. The number of anilines is 1. The van der Waals surface area contributed by atoms with E-state index in [1.165, 1.54) is 31.3 Å². The van der Waals surface area contributed by atoms with Crippen molar-refractivity contribution >= 4 is 62.2 Å². The Morgan fingerprint density at radius 2 is 1.81 bits per heavy atom. The van der Waals surface area contributed by atoms with E-state index in [4.69, 9.17) is 39.5 Å². The normalized spacial score (nSPS) is 15.2. The molecule has 12 heteroatoms. The maximum absolute atomic E-state index is 13.6. The fourth-order valence-electron chi connectivity index (χ4n) is 3.70. The number of fused-ring (bicyclic) bond motifs is 1. The molecule has 0 unspecified atom stereocenters. The number of Topliss-reactive ketones (excluding diaryl/α,β-unsaturated/α-hetero) is 2. The SMILES string of the molecule is CC(=O)CC[C@H]1CN(S(=O)(=O)c2cccc(Cl)c2)c2nc(CC(=O)c3c(Cl)cccc3Cl)cnc2O1. The van der Waals surface area contributed by atoms with Gasteiger partial charge in [0.2, 0.25) is 5.82 Å². The molecule has 2 aromatic carbocycles. The zero-order chi connectivity index (χ0) is 26.0. The number of hydrogen-bond donors (Lipinski definition) is 0. The Balaban J connectivity index is 1.72. The van der Waals surface area contributed by atoms with Crippen LogP contribution in [0, 0.1) is 0 Å². The highest BCUT2D eigenvalue weighted by atomic mass is 35.5. The van der Waals surface area contributed by atoms with Crippen molar-refractivity contribution in [1.82, 2.24) is 9.97 Å². The highest BCUT2D eigenvalue weighted by Crippen LogP contribution is 2.35. The number of aromatic nitrogens is 2. The predicted molar refractivity (Wildman–Crippen MR) is 137 cm³/mol. The van der Waals surface area contributed by atoms with Crippen LogP contribution in [0.2, 0.25) is 15.1 Å². The van der Waals surface area contributed by atoms with E-state index in [2.05, 4.69) is 9.97 Å². The van der Waals surface area contributed by atoms with E-state index in [1.54, 1.807) is 24.3 Å². The number of rotatable bonds is 8. The number of sulfonamides is 1. The first-order valence-corrected chi connectivity index (χ1v) is 13.4. The molecular weight excluding hydrogens is 549 g/mol. The molecule has 8 nitrogen and oxygen atoms in total. The molecule has 0 radical (unpaired) electrons. The number of carbonyl (C=O) groups is 2. The Morgan fingerprint density at radius 1 is 1.11 bits per heavy atom. The van der Waals surface area contributed by atoms with Crippen LogP contribution in [0.25, 0.3) is 0 Å². The summed E-state index contributed by atoms with van der Waals surface area (Å²) in [6.07, 6.45) is 0.994. The van der Waals surface area contributed by atoms with Crippen LogP contribution in [0.3, 0.4) is 0 Å². The lowest BCUT2D eigenvalue weighted by atomic mass is 10.1. The zero-order valence-corrected chi connectivity index (χ0v) is 22.0. The van der Waals surface area contributed by atoms with Gasteiger partial charge >= 0.3 is 0 Å². The minimum atomic E-state index is -4.13. The van der Waals surface area contributed by atoms with Gasteiger partial charge in [0.25, 0.3) is 15.9 Å². The monoisotopic (exact) mass is 567 g/mol. The second-order valence-electron chi connectivity index (χ2n) is 8.16. The summed E-state index contributed by atoms with van der Waals surface area (Å²) in [5.74, 6) is -0.538. The van der Waals surface area contributed by atoms with Crippen LogP contribution in [-0.4, -0.2) is 42.6 Å². The third-order valence-corrected chi connectivity index (χ3v) is 8.06. The van der Waals surface area contributed by atoms with Crippen LogP contribution in [0.1, 0.15) is 35.8 Å². The van der Waals surface area contributed by atoms with Crippen LogP contribution in [-0.2, 0) is 21.2 Å². The van der Waals surface area contributed by atoms with Crippen molar-refractivity contribution in [3.8, 4) is 5.88 Å². The Kier molecular flexibility index (Phi) is 7.85. The number of nitrogens with zero attached hydrogens (tertiary/aromatic N) is 3. The van der Waals surface area contributed by atoms with E-state index in [1.807, 2.05) is 0 Å².